The highest BCUT2D eigenvalue weighted by Crippen LogP contribution is 2.34. The Balaban J connectivity index is 2.31. The summed E-state index contributed by atoms with van der Waals surface area (Å²) in [6.45, 7) is 4.08. The molecule has 1 aliphatic carbocycles. The zero-order valence-electron chi connectivity index (χ0n) is 8.48. The molecule has 4 N–H and O–H groups in total. The molecule has 0 spiro atoms. The lowest BCUT2D eigenvalue weighted by Gasteiger charge is -2.24. The fourth-order valence-electron chi connectivity index (χ4n) is 1.62. The van der Waals surface area contributed by atoms with Crippen molar-refractivity contribution in [3.63, 3.8) is 0 Å². The first-order valence-electron chi connectivity index (χ1n) is 5.14. The predicted octanol–water partition coefficient (Wildman–Crippen LogP) is 0.492. The van der Waals surface area contributed by atoms with Crippen molar-refractivity contribution < 1.29 is 10.2 Å². The van der Waals surface area contributed by atoms with E-state index in [4.69, 9.17) is 5.73 Å². The third-order valence-corrected chi connectivity index (χ3v) is 2.66. The molecule has 13 heavy (non-hydrogen) atoms. The molecule has 0 radical (unpaired) electrons. The summed E-state index contributed by atoms with van der Waals surface area (Å²) in [5.41, 5.74) is 5.75. The van der Waals surface area contributed by atoms with E-state index in [9.17, 15) is 10.2 Å². The van der Waals surface area contributed by atoms with Crippen molar-refractivity contribution in [2.75, 3.05) is 0 Å². The molecule has 1 saturated carbocycles. The highest BCUT2D eigenvalue weighted by molar-refractivity contribution is 4.90. The summed E-state index contributed by atoms with van der Waals surface area (Å²) in [6.07, 6.45) is 1.72. The van der Waals surface area contributed by atoms with Gasteiger partial charge in [-0.05, 0) is 31.1 Å². The number of rotatable bonds is 5. The fourth-order valence-corrected chi connectivity index (χ4v) is 1.62. The Morgan fingerprint density at radius 1 is 1.31 bits per heavy atom. The van der Waals surface area contributed by atoms with Gasteiger partial charge in [-0.3, -0.25) is 0 Å². The molecular weight excluding hydrogens is 166 g/mol. The van der Waals surface area contributed by atoms with Gasteiger partial charge in [0.25, 0.3) is 0 Å². The van der Waals surface area contributed by atoms with Gasteiger partial charge in [0.1, 0.15) is 0 Å². The first-order chi connectivity index (χ1) is 6.02. The number of nitrogens with two attached hydrogens (primary N) is 1. The van der Waals surface area contributed by atoms with E-state index in [1.165, 1.54) is 0 Å². The van der Waals surface area contributed by atoms with E-state index in [0.717, 1.165) is 12.8 Å². The molecular formula is C10H21NO2. The van der Waals surface area contributed by atoms with Gasteiger partial charge in [0, 0.05) is 0 Å². The van der Waals surface area contributed by atoms with E-state index in [1.54, 1.807) is 0 Å². The Kier molecular flexibility index (Phi) is 3.71. The Hall–Kier alpha value is -0.120. The molecule has 1 aliphatic rings. The Morgan fingerprint density at radius 2 is 1.85 bits per heavy atom. The zero-order chi connectivity index (χ0) is 10.0. The quantitative estimate of drug-likeness (QED) is 0.587. The minimum Gasteiger partial charge on any atom is -0.391 e. The van der Waals surface area contributed by atoms with Crippen molar-refractivity contribution in [1.29, 1.82) is 0 Å². The fraction of sp³-hybridized carbons (Fsp3) is 1.00. The molecule has 1 fully saturated rings. The highest BCUT2D eigenvalue weighted by Gasteiger charge is 2.36. The van der Waals surface area contributed by atoms with E-state index < -0.39 is 18.2 Å². The molecule has 0 aromatic heterocycles. The van der Waals surface area contributed by atoms with Gasteiger partial charge in [-0.1, -0.05) is 13.8 Å². The van der Waals surface area contributed by atoms with Gasteiger partial charge in [-0.2, -0.15) is 0 Å². The topological polar surface area (TPSA) is 66.5 Å². The monoisotopic (exact) mass is 187 g/mol. The minimum atomic E-state index is -0.560. The van der Waals surface area contributed by atoms with Gasteiger partial charge >= 0.3 is 0 Å². The van der Waals surface area contributed by atoms with Crippen molar-refractivity contribution >= 4 is 0 Å². The van der Waals surface area contributed by atoms with Crippen LogP contribution in [0.25, 0.3) is 0 Å². The van der Waals surface area contributed by atoms with Crippen LogP contribution in [-0.4, -0.2) is 28.5 Å². The molecule has 3 atom stereocenters. The minimum absolute atomic E-state index is 0.344. The summed E-state index contributed by atoms with van der Waals surface area (Å²) < 4.78 is 0. The van der Waals surface area contributed by atoms with Crippen LogP contribution in [0.3, 0.4) is 0 Å². The molecule has 0 aliphatic heterocycles. The second-order valence-electron chi connectivity index (χ2n) is 4.60. The van der Waals surface area contributed by atoms with Crippen LogP contribution in [0.5, 0.6) is 0 Å². The third kappa shape index (κ3) is 3.25. The summed E-state index contributed by atoms with van der Waals surface area (Å²) in [5, 5.41) is 19.3. The van der Waals surface area contributed by atoms with E-state index >= 15 is 0 Å². The lowest BCUT2D eigenvalue weighted by Crippen LogP contribution is -2.46. The van der Waals surface area contributed by atoms with Crippen molar-refractivity contribution in [2.24, 2.45) is 17.6 Å². The molecule has 0 saturated heterocycles. The van der Waals surface area contributed by atoms with E-state index in [0.29, 0.717) is 18.3 Å². The van der Waals surface area contributed by atoms with Gasteiger partial charge in [0.2, 0.25) is 0 Å². The summed E-state index contributed by atoms with van der Waals surface area (Å²) in [7, 11) is 0. The molecule has 0 bridgehead atoms. The van der Waals surface area contributed by atoms with Gasteiger partial charge < -0.3 is 15.9 Å². The molecule has 78 valence electrons. The van der Waals surface area contributed by atoms with E-state index in [2.05, 4.69) is 0 Å². The molecule has 0 amide bonds. The van der Waals surface area contributed by atoms with Crippen LogP contribution >= 0.6 is 0 Å². The van der Waals surface area contributed by atoms with Gasteiger partial charge in [0.15, 0.2) is 0 Å². The van der Waals surface area contributed by atoms with Crippen molar-refractivity contribution in [1.82, 2.24) is 0 Å². The van der Waals surface area contributed by atoms with Crippen molar-refractivity contribution in [2.45, 2.75) is 51.4 Å². The molecule has 1 rings (SSSR count). The molecule has 3 unspecified atom stereocenters. The normalized spacial score (nSPS) is 24.5. The van der Waals surface area contributed by atoms with Gasteiger partial charge in [0.05, 0.1) is 18.2 Å². The van der Waals surface area contributed by atoms with Gasteiger partial charge in [-0.25, -0.2) is 0 Å². The summed E-state index contributed by atoms with van der Waals surface area (Å²) in [5.74, 6) is 0.768. The maximum atomic E-state index is 9.66. The Labute approximate surface area is 79.9 Å². The first-order valence-corrected chi connectivity index (χ1v) is 5.14. The number of aliphatic hydroxyl groups excluding tert-OH is 2. The van der Waals surface area contributed by atoms with Gasteiger partial charge in [-0.15, -0.1) is 0 Å². The third-order valence-electron chi connectivity index (χ3n) is 2.66. The van der Waals surface area contributed by atoms with Crippen LogP contribution in [0.15, 0.2) is 0 Å². The number of hydrogen-bond donors (Lipinski definition) is 3. The lowest BCUT2D eigenvalue weighted by atomic mass is 9.95. The van der Waals surface area contributed by atoms with Crippen molar-refractivity contribution in [3.8, 4) is 0 Å². The van der Waals surface area contributed by atoms with Crippen LogP contribution in [0, 0.1) is 11.8 Å². The summed E-state index contributed by atoms with van der Waals surface area (Å²) in [6, 6.07) is -0.463. The first kappa shape index (κ1) is 11.0. The Bertz CT molecular complexity index is 157. The average Bonchev–Trinajstić information content (AvgIpc) is 2.82. The molecule has 0 heterocycles. The van der Waals surface area contributed by atoms with Crippen LogP contribution in [-0.2, 0) is 0 Å². The van der Waals surface area contributed by atoms with Crippen LogP contribution in [0.1, 0.15) is 33.1 Å². The molecule has 3 heteroatoms. The van der Waals surface area contributed by atoms with Crippen LogP contribution in [0.2, 0.25) is 0 Å². The SMILES string of the molecule is CC(C)CC(O)C(N)C(O)C1CC1. The highest BCUT2D eigenvalue weighted by atomic mass is 16.3. The smallest absolute Gasteiger partial charge is 0.0744 e. The zero-order valence-corrected chi connectivity index (χ0v) is 8.48. The largest absolute Gasteiger partial charge is 0.391 e. The lowest BCUT2D eigenvalue weighted by molar-refractivity contribution is 0.0338. The maximum absolute atomic E-state index is 9.66. The standard InChI is InChI=1S/C10H21NO2/c1-6(2)5-8(12)9(11)10(13)7-3-4-7/h6-10,12-13H,3-5,11H2,1-2H3. The summed E-state index contributed by atoms with van der Waals surface area (Å²) >= 11 is 0. The second kappa shape index (κ2) is 4.40. The summed E-state index contributed by atoms with van der Waals surface area (Å²) in [4.78, 5) is 0. The predicted molar refractivity (Wildman–Crippen MR) is 52.2 cm³/mol. The number of hydrogen-bond acceptors (Lipinski definition) is 3. The van der Waals surface area contributed by atoms with E-state index in [-0.39, 0.29) is 0 Å². The molecule has 0 aromatic carbocycles. The Morgan fingerprint density at radius 3 is 2.23 bits per heavy atom. The van der Waals surface area contributed by atoms with Crippen LogP contribution in [0.4, 0.5) is 0 Å². The number of aliphatic hydroxyl groups is 2. The molecule has 0 aromatic rings. The average molecular weight is 187 g/mol. The van der Waals surface area contributed by atoms with Crippen molar-refractivity contribution in [3.05, 3.63) is 0 Å². The van der Waals surface area contributed by atoms with Crippen LogP contribution < -0.4 is 5.73 Å². The molecule has 3 nitrogen and oxygen atoms in total. The van der Waals surface area contributed by atoms with E-state index in [1.807, 2.05) is 13.8 Å². The maximum Gasteiger partial charge on any atom is 0.0744 e. The second-order valence-corrected chi connectivity index (χ2v) is 4.60.